The van der Waals surface area contributed by atoms with E-state index in [9.17, 15) is 0 Å². The summed E-state index contributed by atoms with van der Waals surface area (Å²) < 4.78 is 11.0. The molecule has 0 atom stereocenters. The zero-order chi connectivity index (χ0) is 15.2. The zero-order valence-electron chi connectivity index (χ0n) is 12.2. The molecule has 0 aromatic heterocycles. The van der Waals surface area contributed by atoms with Crippen LogP contribution >= 0.6 is 0 Å². The average Bonchev–Trinajstić information content (AvgIpc) is 2.53. The molecule has 0 aliphatic carbocycles. The van der Waals surface area contributed by atoms with E-state index in [1.807, 2.05) is 37.3 Å². The Morgan fingerprint density at radius 3 is 2.57 bits per heavy atom. The molecule has 0 saturated carbocycles. The highest BCUT2D eigenvalue weighted by molar-refractivity contribution is 5.41. The number of benzene rings is 2. The van der Waals surface area contributed by atoms with Crippen LogP contribution in [0.1, 0.15) is 22.3 Å². The molecule has 4 heteroatoms. The second kappa shape index (κ2) is 6.78. The van der Waals surface area contributed by atoms with Gasteiger partial charge in [-0.3, -0.25) is 0 Å². The van der Waals surface area contributed by atoms with Crippen molar-refractivity contribution in [3.63, 3.8) is 0 Å². The second-order valence-electron chi connectivity index (χ2n) is 4.72. The molecule has 0 aliphatic heterocycles. The van der Waals surface area contributed by atoms with Gasteiger partial charge < -0.3 is 15.2 Å². The fraction of sp³-hybridized carbons (Fsp3) is 0.235. The van der Waals surface area contributed by atoms with Gasteiger partial charge in [-0.15, -0.1) is 0 Å². The van der Waals surface area contributed by atoms with E-state index in [-0.39, 0.29) is 0 Å². The Kier molecular flexibility index (Phi) is 4.81. The van der Waals surface area contributed by atoms with Crippen LogP contribution < -0.4 is 15.2 Å². The molecular formula is C17H18N2O2. The van der Waals surface area contributed by atoms with Crippen molar-refractivity contribution in [2.24, 2.45) is 5.73 Å². The lowest BCUT2D eigenvalue weighted by molar-refractivity contribution is 0.301. The summed E-state index contributed by atoms with van der Waals surface area (Å²) in [6.45, 7) is 2.80. The predicted molar refractivity (Wildman–Crippen MR) is 81.1 cm³/mol. The minimum Gasteiger partial charge on any atom is -0.497 e. The zero-order valence-corrected chi connectivity index (χ0v) is 12.2. The van der Waals surface area contributed by atoms with Crippen LogP contribution in [-0.2, 0) is 13.2 Å². The van der Waals surface area contributed by atoms with E-state index >= 15 is 0 Å². The van der Waals surface area contributed by atoms with E-state index in [2.05, 4.69) is 6.07 Å². The molecule has 108 valence electrons. The van der Waals surface area contributed by atoms with Crippen molar-refractivity contribution in [2.45, 2.75) is 20.1 Å². The van der Waals surface area contributed by atoms with Gasteiger partial charge in [-0.05, 0) is 48.4 Å². The number of rotatable bonds is 5. The molecule has 0 spiro atoms. The fourth-order valence-electron chi connectivity index (χ4n) is 2.07. The van der Waals surface area contributed by atoms with E-state index in [0.29, 0.717) is 18.7 Å². The lowest BCUT2D eigenvalue weighted by Gasteiger charge is -2.13. The highest BCUT2D eigenvalue weighted by Gasteiger charge is 2.06. The number of methoxy groups -OCH3 is 1. The Morgan fingerprint density at radius 2 is 1.95 bits per heavy atom. The van der Waals surface area contributed by atoms with Crippen molar-refractivity contribution >= 4 is 0 Å². The highest BCUT2D eigenvalue weighted by Crippen LogP contribution is 2.25. The summed E-state index contributed by atoms with van der Waals surface area (Å²) in [5, 5.41) is 8.87. The van der Waals surface area contributed by atoms with Crippen LogP contribution in [0.3, 0.4) is 0 Å². The molecule has 21 heavy (non-hydrogen) atoms. The van der Waals surface area contributed by atoms with Gasteiger partial charge in [0.05, 0.1) is 18.7 Å². The third-order valence-corrected chi connectivity index (χ3v) is 3.34. The third-order valence-electron chi connectivity index (χ3n) is 3.34. The van der Waals surface area contributed by atoms with E-state index in [0.717, 1.165) is 28.2 Å². The number of nitrogens with two attached hydrogens (primary N) is 1. The quantitative estimate of drug-likeness (QED) is 0.915. The second-order valence-corrected chi connectivity index (χ2v) is 4.72. The van der Waals surface area contributed by atoms with Crippen LogP contribution in [0, 0.1) is 18.3 Å². The molecule has 2 rings (SSSR count). The van der Waals surface area contributed by atoms with Gasteiger partial charge in [0.25, 0.3) is 0 Å². The molecule has 4 nitrogen and oxygen atoms in total. The van der Waals surface area contributed by atoms with E-state index < -0.39 is 0 Å². The number of hydrogen-bond acceptors (Lipinski definition) is 4. The first-order valence-corrected chi connectivity index (χ1v) is 6.67. The normalized spacial score (nSPS) is 10.0. The minimum absolute atomic E-state index is 0.388. The Hall–Kier alpha value is -2.51. The lowest BCUT2D eigenvalue weighted by Crippen LogP contribution is -2.04. The van der Waals surface area contributed by atoms with Gasteiger partial charge in [0.2, 0.25) is 0 Å². The number of aryl methyl sites for hydroxylation is 1. The van der Waals surface area contributed by atoms with Gasteiger partial charge >= 0.3 is 0 Å². The number of hydrogen-bond donors (Lipinski definition) is 1. The molecule has 0 saturated heterocycles. The number of nitriles is 1. The van der Waals surface area contributed by atoms with Crippen molar-refractivity contribution in [3.05, 3.63) is 58.7 Å². The summed E-state index contributed by atoms with van der Waals surface area (Å²) in [6.07, 6.45) is 0. The van der Waals surface area contributed by atoms with Crippen LogP contribution in [0.15, 0.2) is 36.4 Å². The van der Waals surface area contributed by atoms with Gasteiger partial charge in [0.1, 0.15) is 18.1 Å². The van der Waals surface area contributed by atoms with E-state index in [1.165, 1.54) is 0 Å². The summed E-state index contributed by atoms with van der Waals surface area (Å²) in [6, 6.07) is 13.3. The van der Waals surface area contributed by atoms with Crippen molar-refractivity contribution < 1.29 is 9.47 Å². The average molecular weight is 282 g/mol. The maximum Gasteiger partial charge on any atom is 0.124 e. The molecule has 0 heterocycles. The fourth-order valence-corrected chi connectivity index (χ4v) is 2.07. The topological polar surface area (TPSA) is 68.3 Å². The number of nitrogens with zero attached hydrogens (tertiary/aromatic N) is 1. The summed E-state index contributed by atoms with van der Waals surface area (Å²) in [4.78, 5) is 0. The van der Waals surface area contributed by atoms with Crippen molar-refractivity contribution in [1.82, 2.24) is 0 Å². The first kappa shape index (κ1) is 14.9. The highest BCUT2D eigenvalue weighted by atomic mass is 16.5. The molecule has 0 aliphatic rings. The van der Waals surface area contributed by atoms with Crippen molar-refractivity contribution in [2.75, 3.05) is 7.11 Å². The molecule has 2 N–H and O–H groups in total. The van der Waals surface area contributed by atoms with E-state index in [4.69, 9.17) is 20.5 Å². The maximum absolute atomic E-state index is 8.87. The Morgan fingerprint density at radius 1 is 1.14 bits per heavy atom. The van der Waals surface area contributed by atoms with Crippen LogP contribution in [0.4, 0.5) is 0 Å². The van der Waals surface area contributed by atoms with Gasteiger partial charge in [0, 0.05) is 12.1 Å². The predicted octanol–water partition coefficient (Wildman–Crippen LogP) is 2.91. The Labute approximate surface area is 124 Å². The largest absolute Gasteiger partial charge is 0.497 e. The van der Waals surface area contributed by atoms with Gasteiger partial charge in [0.15, 0.2) is 0 Å². The van der Waals surface area contributed by atoms with Gasteiger partial charge in [-0.2, -0.15) is 5.26 Å². The molecule has 0 amide bonds. The third kappa shape index (κ3) is 3.53. The van der Waals surface area contributed by atoms with Crippen LogP contribution in [0.2, 0.25) is 0 Å². The van der Waals surface area contributed by atoms with E-state index in [1.54, 1.807) is 13.2 Å². The first-order chi connectivity index (χ1) is 10.2. The molecule has 0 bridgehead atoms. The smallest absolute Gasteiger partial charge is 0.124 e. The lowest BCUT2D eigenvalue weighted by atomic mass is 10.1. The van der Waals surface area contributed by atoms with Crippen molar-refractivity contribution in [1.29, 1.82) is 5.26 Å². The standard InChI is InChI=1S/C17H18N2O2/c1-12-7-13(9-18)3-4-14(12)11-21-17-6-5-16(20-2)8-15(17)10-19/h3-8H,10-11,19H2,1-2H3. The summed E-state index contributed by atoms with van der Waals surface area (Å²) >= 11 is 0. The molecule has 0 radical (unpaired) electrons. The molecule has 0 fully saturated rings. The number of ether oxygens (including phenoxy) is 2. The van der Waals surface area contributed by atoms with Crippen LogP contribution in [0.25, 0.3) is 0 Å². The summed E-state index contributed by atoms with van der Waals surface area (Å²) in [5.41, 5.74) is 9.39. The molecule has 0 unspecified atom stereocenters. The van der Waals surface area contributed by atoms with Gasteiger partial charge in [-0.1, -0.05) is 6.07 Å². The Bertz CT molecular complexity index is 675. The van der Waals surface area contributed by atoms with Crippen LogP contribution in [0.5, 0.6) is 11.5 Å². The SMILES string of the molecule is COc1ccc(OCc2ccc(C#N)cc2C)c(CN)c1. The minimum atomic E-state index is 0.388. The van der Waals surface area contributed by atoms with Crippen molar-refractivity contribution in [3.8, 4) is 17.6 Å². The maximum atomic E-state index is 8.87. The van der Waals surface area contributed by atoms with Gasteiger partial charge in [-0.25, -0.2) is 0 Å². The molecule has 2 aromatic carbocycles. The summed E-state index contributed by atoms with van der Waals surface area (Å²) in [7, 11) is 1.62. The van der Waals surface area contributed by atoms with Crippen LogP contribution in [-0.4, -0.2) is 7.11 Å². The Balaban J connectivity index is 2.15. The summed E-state index contributed by atoms with van der Waals surface area (Å²) in [5.74, 6) is 1.51. The molecule has 2 aromatic rings. The molecular weight excluding hydrogens is 264 g/mol. The first-order valence-electron chi connectivity index (χ1n) is 6.67. The monoisotopic (exact) mass is 282 g/mol.